The summed E-state index contributed by atoms with van der Waals surface area (Å²) in [6.07, 6.45) is 0. The molecule has 0 spiro atoms. The summed E-state index contributed by atoms with van der Waals surface area (Å²) in [6, 6.07) is 6.84. The zero-order valence-corrected chi connectivity index (χ0v) is 17.2. The molecule has 3 N–H and O–H groups in total. The highest BCUT2D eigenvalue weighted by molar-refractivity contribution is 14.1. The Labute approximate surface area is 168 Å². The van der Waals surface area contributed by atoms with E-state index in [4.69, 9.17) is 16.3 Å². The van der Waals surface area contributed by atoms with Gasteiger partial charge in [-0.3, -0.25) is 4.72 Å². The number of rotatable bonds is 8. The first kappa shape index (κ1) is 21.1. The lowest BCUT2D eigenvalue weighted by molar-refractivity contribution is 0.204. The van der Waals surface area contributed by atoms with Crippen LogP contribution < -0.4 is 14.8 Å². The summed E-state index contributed by atoms with van der Waals surface area (Å²) in [7, 11) is -2.59. The molecule has 0 heterocycles. The summed E-state index contributed by atoms with van der Waals surface area (Å²) in [5.41, 5.74) is -0.266. The topological polar surface area (TPSA) is 79.5 Å². The van der Waals surface area contributed by atoms with Crippen molar-refractivity contribution >= 4 is 61.5 Å². The van der Waals surface area contributed by atoms with Crippen LogP contribution in [0.15, 0.2) is 30.3 Å². The lowest BCUT2D eigenvalue weighted by Gasteiger charge is -2.16. The molecule has 0 aliphatic rings. The van der Waals surface area contributed by atoms with Crippen molar-refractivity contribution in [3.8, 4) is 0 Å². The van der Waals surface area contributed by atoms with E-state index in [1.807, 2.05) is 22.6 Å². The molecule has 0 saturated heterocycles. The first-order valence-electron chi connectivity index (χ1n) is 7.20. The van der Waals surface area contributed by atoms with E-state index in [2.05, 4.69) is 14.8 Å². The quantitative estimate of drug-likeness (QED) is 0.367. The Kier molecular flexibility index (Phi) is 7.41. The fourth-order valence-corrected chi connectivity index (χ4v) is 3.73. The van der Waals surface area contributed by atoms with E-state index in [1.54, 1.807) is 18.2 Å². The summed E-state index contributed by atoms with van der Waals surface area (Å²) in [4.78, 5) is 0. The average molecular weight is 518 g/mol. The van der Waals surface area contributed by atoms with Crippen molar-refractivity contribution in [3.63, 3.8) is 0 Å². The van der Waals surface area contributed by atoms with Gasteiger partial charge >= 0.3 is 0 Å². The molecule has 2 aromatic carbocycles. The van der Waals surface area contributed by atoms with E-state index in [9.17, 15) is 17.2 Å². The molecule has 0 unspecified atom stereocenters. The van der Waals surface area contributed by atoms with Gasteiger partial charge in [0.1, 0.15) is 5.69 Å². The van der Waals surface area contributed by atoms with Crippen LogP contribution in [0.2, 0.25) is 5.02 Å². The highest BCUT2D eigenvalue weighted by Crippen LogP contribution is 2.34. The van der Waals surface area contributed by atoms with Crippen molar-refractivity contribution in [1.29, 1.82) is 0 Å². The molecule has 26 heavy (non-hydrogen) atoms. The van der Waals surface area contributed by atoms with Gasteiger partial charge in [-0.2, -0.15) is 13.1 Å². The predicted octanol–water partition coefficient (Wildman–Crippen LogP) is 3.86. The largest absolute Gasteiger partial charge is 0.383 e. The number of hydrogen-bond donors (Lipinski definition) is 3. The Morgan fingerprint density at radius 3 is 2.54 bits per heavy atom. The number of ether oxygens (including phenoxy) is 1. The minimum Gasteiger partial charge on any atom is -0.383 e. The normalized spacial score (nSPS) is 11.4. The second-order valence-electron chi connectivity index (χ2n) is 5.03. The van der Waals surface area contributed by atoms with Gasteiger partial charge in [-0.25, -0.2) is 8.78 Å². The SMILES string of the molecule is COCCNS(=O)(=O)Nc1ccc(F)c(F)c1Nc1ccc(I)cc1Cl. The summed E-state index contributed by atoms with van der Waals surface area (Å²) < 4.78 is 62.0. The molecule has 0 radical (unpaired) electrons. The number of nitrogens with one attached hydrogen (secondary N) is 3. The van der Waals surface area contributed by atoms with Gasteiger partial charge in [0.15, 0.2) is 11.6 Å². The van der Waals surface area contributed by atoms with Crippen molar-refractivity contribution in [2.24, 2.45) is 0 Å². The molecular weight excluding hydrogens is 503 g/mol. The van der Waals surface area contributed by atoms with E-state index in [0.29, 0.717) is 5.69 Å². The van der Waals surface area contributed by atoms with Crippen LogP contribution in [0, 0.1) is 15.2 Å². The van der Waals surface area contributed by atoms with Crippen LogP contribution in [0.1, 0.15) is 0 Å². The maximum absolute atomic E-state index is 14.3. The summed E-state index contributed by atoms with van der Waals surface area (Å²) in [5, 5.41) is 2.91. The van der Waals surface area contributed by atoms with Gasteiger partial charge in [0.05, 0.1) is 23.0 Å². The van der Waals surface area contributed by atoms with Crippen LogP contribution in [-0.4, -0.2) is 28.7 Å². The van der Waals surface area contributed by atoms with Crippen LogP contribution in [0.4, 0.5) is 25.8 Å². The van der Waals surface area contributed by atoms with E-state index >= 15 is 0 Å². The van der Waals surface area contributed by atoms with Crippen LogP contribution in [0.3, 0.4) is 0 Å². The van der Waals surface area contributed by atoms with Crippen molar-refractivity contribution in [1.82, 2.24) is 4.72 Å². The lowest BCUT2D eigenvalue weighted by Crippen LogP contribution is -2.32. The Morgan fingerprint density at radius 2 is 1.88 bits per heavy atom. The van der Waals surface area contributed by atoms with Crippen molar-refractivity contribution in [3.05, 3.63) is 50.6 Å². The number of hydrogen-bond acceptors (Lipinski definition) is 4. The maximum atomic E-state index is 14.3. The summed E-state index contributed by atoms with van der Waals surface area (Å²) in [5.74, 6) is -2.37. The molecule has 0 aromatic heterocycles. The molecular formula is C15H15ClF2IN3O3S. The first-order valence-corrected chi connectivity index (χ1v) is 10.1. The van der Waals surface area contributed by atoms with Gasteiger partial charge in [0.25, 0.3) is 10.2 Å². The van der Waals surface area contributed by atoms with Gasteiger partial charge in [0.2, 0.25) is 0 Å². The summed E-state index contributed by atoms with van der Waals surface area (Å²) in [6.45, 7) is 0.170. The number of halogens is 4. The van der Waals surface area contributed by atoms with Gasteiger partial charge in [0, 0.05) is 17.2 Å². The summed E-state index contributed by atoms with van der Waals surface area (Å²) >= 11 is 8.14. The molecule has 142 valence electrons. The molecule has 2 rings (SSSR count). The third-order valence-electron chi connectivity index (χ3n) is 3.13. The Morgan fingerprint density at radius 1 is 1.19 bits per heavy atom. The Bertz CT molecular complexity index is 900. The van der Waals surface area contributed by atoms with E-state index in [0.717, 1.165) is 15.7 Å². The lowest BCUT2D eigenvalue weighted by atomic mass is 10.2. The molecule has 6 nitrogen and oxygen atoms in total. The Balaban J connectivity index is 2.34. The smallest absolute Gasteiger partial charge is 0.299 e. The van der Waals surface area contributed by atoms with Gasteiger partial charge in [-0.1, -0.05) is 11.6 Å². The molecule has 2 aromatic rings. The van der Waals surface area contributed by atoms with Crippen LogP contribution >= 0.6 is 34.2 Å². The molecule has 0 bridgehead atoms. The van der Waals surface area contributed by atoms with E-state index in [-0.39, 0.29) is 29.5 Å². The van der Waals surface area contributed by atoms with Crippen molar-refractivity contribution in [2.45, 2.75) is 0 Å². The average Bonchev–Trinajstić information content (AvgIpc) is 2.56. The number of anilines is 3. The minimum absolute atomic E-state index is 0.0151. The van der Waals surface area contributed by atoms with E-state index in [1.165, 1.54) is 7.11 Å². The fourth-order valence-electron chi connectivity index (χ4n) is 1.94. The zero-order chi connectivity index (χ0) is 19.3. The second-order valence-corrected chi connectivity index (χ2v) is 8.18. The second kappa shape index (κ2) is 9.13. The van der Waals surface area contributed by atoms with Crippen molar-refractivity contribution < 1.29 is 21.9 Å². The number of benzene rings is 2. The molecule has 0 saturated carbocycles. The highest BCUT2D eigenvalue weighted by atomic mass is 127. The number of methoxy groups -OCH3 is 1. The molecule has 0 aliphatic carbocycles. The molecule has 0 aliphatic heterocycles. The molecule has 0 amide bonds. The third-order valence-corrected chi connectivity index (χ3v) is 5.18. The molecule has 11 heteroatoms. The van der Waals surface area contributed by atoms with E-state index < -0.39 is 21.8 Å². The maximum Gasteiger partial charge on any atom is 0.299 e. The predicted molar refractivity (Wildman–Crippen MR) is 106 cm³/mol. The molecule has 0 atom stereocenters. The first-order chi connectivity index (χ1) is 12.2. The fraction of sp³-hybridized carbons (Fsp3) is 0.200. The molecule has 0 fully saturated rings. The van der Waals surface area contributed by atoms with Crippen LogP contribution in [0.5, 0.6) is 0 Å². The van der Waals surface area contributed by atoms with Gasteiger partial charge in [-0.05, 0) is 52.9 Å². The van der Waals surface area contributed by atoms with Gasteiger partial charge in [-0.15, -0.1) is 0 Å². The standard InChI is InChI=1S/C15H15ClF2IN3O3S/c1-25-7-6-20-26(23,24)22-13-5-3-11(17)14(18)15(13)21-12-4-2-9(19)8-10(12)16/h2-5,8,20-22H,6-7H2,1H3. The van der Waals surface area contributed by atoms with Crippen LogP contribution in [-0.2, 0) is 14.9 Å². The van der Waals surface area contributed by atoms with Gasteiger partial charge < -0.3 is 10.1 Å². The minimum atomic E-state index is -4.01. The monoisotopic (exact) mass is 517 g/mol. The van der Waals surface area contributed by atoms with Crippen LogP contribution in [0.25, 0.3) is 0 Å². The Hall–Kier alpha value is -1.21. The third kappa shape index (κ3) is 5.64. The van der Waals surface area contributed by atoms with Crippen molar-refractivity contribution in [2.75, 3.05) is 30.3 Å². The highest BCUT2D eigenvalue weighted by Gasteiger charge is 2.19. The zero-order valence-electron chi connectivity index (χ0n) is 13.4.